The minimum Gasteiger partial charge on any atom is -0.352 e. The number of carbonyl (C=O) groups excluding carboxylic acids is 1. The molecule has 1 aromatic carbocycles. The van der Waals surface area contributed by atoms with Crippen molar-refractivity contribution in [1.29, 1.82) is 0 Å². The van der Waals surface area contributed by atoms with Crippen LogP contribution < -0.4 is 5.32 Å². The lowest BCUT2D eigenvalue weighted by Crippen LogP contribution is -2.24. The molecule has 0 unspecified atom stereocenters. The first-order valence-electron chi connectivity index (χ1n) is 6.43. The van der Waals surface area contributed by atoms with Gasteiger partial charge in [0.25, 0.3) is 0 Å². The molecule has 2 heterocycles. The van der Waals surface area contributed by atoms with Crippen LogP contribution in [0, 0.1) is 6.92 Å². The van der Waals surface area contributed by atoms with Gasteiger partial charge in [0.2, 0.25) is 5.91 Å². The average Bonchev–Trinajstić information content (AvgIpc) is 3.11. The van der Waals surface area contributed by atoms with Gasteiger partial charge in [-0.25, -0.2) is 9.31 Å². The van der Waals surface area contributed by atoms with E-state index in [2.05, 4.69) is 35.8 Å². The van der Waals surface area contributed by atoms with E-state index in [1.54, 1.807) is 17.7 Å². The highest BCUT2D eigenvalue weighted by molar-refractivity contribution is 5.76. The van der Waals surface area contributed by atoms with Crippen LogP contribution in [0.4, 0.5) is 0 Å². The van der Waals surface area contributed by atoms with Gasteiger partial charge < -0.3 is 5.32 Å². The van der Waals surface area contributed by atoms with Crippen molar-refractivity contribution in [1.82, 2.24) is 35.8 Å². The third-order valence-electron chi connectivity index (χ3n) is 3.07. The van der Waals surface area contributed by atoms with Crippen molar-refractivity contribution in [2.24, 2.45) is 0 Å². The number of amides is 1. The predicted molar refractivity (Wildman–Crippen MR) is 70.8 cm³/mol. The number of tetrazole rings is 1. The summed E-state index contributed by atoms with van der Waals surface area (Å²) in [5, 5.41) is 21.4. The van der Waals surface area contributed by atoms with E-state index in [1.807, 2.05) is 12.1 Å². The average molecular weight is 287 g/mol. The van der Waals surface area contributed by atoms with Crippen molar-refractivity contribution in [3.8, 4) is 0 Å². The summed E-state index contributed by atoms with van der Waals surface area (Å²) < 4.78 is 6.22. The van der Waals surface area contributed by atoms with Gasteiger partial charge in [0, 0.05) is 13.0 Å². The molecule has 108 valence electrons. The Balaban J connectivity index is 1.52. The molecule has 0 saturated heterocycles. The summed E-state index contributed by atoms with van der Waals surface area (Å²) in [4.78, 5) is 11.8. The fraction of sp³-hybridized carbons (Fsp3) is 0.333. The molecule has 1 N–H and O–H groups in total. The van der Waals surface area contributed by atoms with Gasteiger partial charge >= 0.3 is 0 Å². The molecule has 2 aromatic heterocycles. The van der Waals surface area contributed by atoms with Crippen LogP contribution in [0.2, 0.25) is 0 Å². The van der Waals surface area contributed by atoms with Crippen LogP contribution in [-0.2, 0) is 17.9 Å². The van der Waals surface area contributed by atoms with Crippen LogP contribution in [0.3, 0.4) is 0 Å². The maximum absolute atomic E-state index is 11.8. The standard InChI is InChI=1S/C12H13N7O2/c1-8-14-17-18-19(8)5-4-12(20)13-7-9-2-3-10-11(6-9)16-21-15-10/h2-3,6H,4-5,7H2,1H3,(H,13,20). The minimum absolute atomic E-state index is 0.0664. The highest BCUT2D eigenvalue weighted by atomic mass is 16.6. The molecule has 0 saturated carbocycles. The van der Waals surface area contributed by atoms with Crippen molar-refractivity contribution in [3.63, 3.8) is 0 Å². The number of nitrogens with one attached hydrogen (secondary N) is 1. The third kappa shape index (κ3) is 3.02. The van der Waals surface area contributed by atoms with Gasteiger partial charge in [-0.3, -0.25) is 4.79 Å². The van der Waals surface area contributed by atoms with Crippen molar-refractivity contribution in [2.75, 3.05) is 0 Å². The quantitative estimate of drug-likeness (QED) is 0.714. The first-order valence-corrected chi connectivity index (χ1v) is 6.43. The lowest BCUT2D eigenvalue weighted by Gasteiger charge is -2.05. The Morgan fingerprint density at radius 3 is 3.00 bits per heavy atom. The van der Waals surface area contributed by atoms with E-state index in [0.29, 0.717) is 36.4 Å². The van der Waals surface area contributed by atoms with Crippen LogP contribution in [0.15, 0.2) is 22.8 Å². The van der Waals surface area contributed by atoms with E-state index >= 15 is 0 Å². The molecule has 0 atom stereocenters. The topological polar surface area (TPSA) is 112 Å². The maximum atomic E-state index is 11.8. The highest BCUT2D eigenvalue weighted by Gasteiger charge is 2.06. The van der Waals surface area contributed by atoms with Gasteiger partial charge in [0.15, 0.2) is 0 Å². The summed E-state index contributed by atoms with van der Waals surface area (Å²) in [7, 11) is 0. The summed E-state index contributed by atoms with van der Waals surface area (Å²) in [6, 6.07) is 5.51. The van der Waals surface area contributed by atoms with E-state index in [0.717, 1.165) is 5.56 Å². The smallest absolute Gasteiger partial charge is 0.222 e. The summed E-state index contributed by atoms with van der Waals surface area (Å²) in [5.74, 6) is 0.620. The zero-order valence-corrected chi connectivity index (χ0v) is 11.4. The first kappa shape index (κ1) is 13.2. The zero-order chi connectivity index (χ0) is 14.7. The number of fused-ring (bicyclic) bond motifs is 1. The lowest BCUT2D eigenvalue weighted by molar-refractivity contribution is -0.121. The Morgan fingerprint density at radius 1 is 1.33 bits per heavy atom. The SMILES string of the molecule is Cc1nnnn1CCC(=O)NCc1ccc2nonc2c1. The molecular weight excluding hydrogens is 274 g/mol. The van der Waals surface area contributed by atoms with E-state index < -0.39 is 0 Å². The van der Waals surface area contributed by atoms with Gasteiger partial charge in [0.05, 0.1) is 6.54 Å². The second kappa shape index (κ2) is 5.65. The van der Waals surface area contributed by atoms with Gasteiger partial charge in [-0.1, -0.05) is 6.07 Å². The number of aromatic nitrogens is 6. The van der Waals surface area contributed by atoms with Crippen LogP contribution in [0.1, 0.15) is 17.8 Å². The zero-order valence-electron chi connectivity index (χ0n) is 11.4. The molecule has 0 spiro atoms. The Bertz CT molecular complexity index is 764. The number of aryl methyl sites for hydroxylation is 2. The largest absolute Gasteiger partial charge is 0.352 e. The molecule has 0 radical (unpaired) electrons. The number of nitrogens with zero attached hydrogens (tertiary/aromatic N) is 6. The molecule has 9 nitrogen and oxygen atoms in total. The molecule has 0 aliphatic heterocycles. The predicted octanol–water partition coefficient (Wildman–Crippen LogP) is 0.224. The monoisotopic (exact) mass is 287 g/mol. The third-order valence-corrected chi connectivity index (χ3v) is 3.07. The van der Waals surface area contributed by atoms with Crippen molar-refractivity contribution < 1.29 is 9.42 Å². The summed E-state index contributed by atoms with van der Waals surface area (Å²) >= 11 is 0. The molecule has 1 amide bonds. The summed E-state index contributed by atoms with van der Waals surface area (Å²) in [6.45, 7) is 2.67. The van der Waals surface area contributed by atoms with Crippen LogP contribution in [0.5, 0.6) is 0 Å². The van der Waals surface area contributed by atoms with Gasteiger partial charge in [-0.15, -0.1) is 5.10 Å². The number of rotatable bonds is 5. The van der Waals surface area contributed by atoms with Crippen LogP contribution >= 0.6 is 0 Å². The molecule has 0 aliphatic carbocycles. The number of benzene rings is 1. The van der Waals surface area contributed by atoms with E-state index in [1.165, 1.54) is 0 Å². The minimum atomic E-state index is -0.0664. The second-order valence-corrected chi connectivity index (χ2v) is 4.56. The van der Waals surface area contributed by atoms with Gasteiger partial charge in [0.1, 0.15) is 16.9 Å². The van der Waals surface area contributed by atoms with E-state index in [4.69, 9.17) is 0 Å². The van der Waals surface area contributed by atoms with E-state index in [-0.39, 0.29) is 5.91 Å². The Morgan fingerprint density at radius 2 is 2.19 bits per heavy atom. The number of hydrogen-bond acceptors (Lipinski definition) is 7. The molecule has 21 heavy (non-hydrogen) atoms. The van der Waals surface area contributed by atoms with Crippen LogP contribution in [0.25, 0.3) is 11.0 Å². The Kier molecular flexibility index (Phi) is 3.54. The Labute approximate surface area is 119 Å². The number of hydrogen-bond donors (Lipinski definition) is 1. The van der Waals surface area contributed by atoms with Gasteiger partial charge in [-0.05, 0) is 45.4 Å². The molecular formula is C12H13N7O2. The Hall–Kier alpha value is -2.84. The number of carbonyl (C=O) groups is 1. The highest BCUT2D eigenvalue weighted by Crippen LogP contribution is 2.11. The molecule has 3 rings (SSSR count). The summed E-state index contributed by atoms with van der Waals surface area (Å²) in [6.07, 6.45) is 0.319. The second-order valence-electron chi connectivity index (χ2n) is 4.56. The van der Waals surface area contributed by atoms with Crippen molar-refractivity contribution >= 4 is 16.9 Å². The molecule has 0 fully saturated rings. The maximum Gasteiger partial charge on any atom is 0.222 e. The molecule has 0 aliphatic rings. The van der Waals surface area contributed by atoms with Crippen LogP contribution in [-0.4, -0.2) is 36.4 Å². The fourth-order valence-corrected chi connectivity index (χ4v) is 1.89. The van der Waals surface area contributed by atoms with Gasteiger partial charge in [-0.2, -0.15) is 0 Å². The first-order chi connectivity index (χ1) is 10.2. The van der Waals surface area contributed by atoms with E-state index in [9.17, 15) is 4.79 Å². The fourth-order valence-electron chi connectivity index (χ4n) is 1.89. The van der Waals surface area contributed by atoms with Crippen molar-refractivity contribution in [2.45, 2.75) is 26.4 Å². The summed E-state index contributed by atoms with van der Waals surface area (Å²) in [5.41, 5.74) is 2.30. The molecule has 3 aromatic rings. The lowest BCUT2D eigenvalue weighted by atomic mass is 10.2. The van der Waals surface area contributed by atoms with Crippen molar-refractivity contribution in [3.05, 3.63) is 29.6 Å². The molecule has 9 heteroatoms. The normalized spacial score (nSPS) is 10.9. The molecule has 0 bridgehead atoms.